The molecule has 0 saturated heterocycles. The van der Waals surface area contributed by atoms with Crippen LogP contribution in [0.2, 0.25) is 0 Å². The Kier molecular flexibility index (Phi) is 5.90. The Balaban J connectivity index is 2.30. The quantitative estimate of drug-likeness (QED) is 0.524. The first-order valence-corrected chi connectivity index (χ1v) is 8.26. The fourth-order valence-corrected chi connectivity index (χ4v) is 2.89. The van der Waals surface area contributed by atoms with Crippen LogP contribution in [0, 0.1) is 0 Å². The summed E-state index contributed by atoms with van der Waals surface area (Å²) in [5, 5.41) is 0.292. The van der Waals surface area contributed by atoms with E-state index >= 15 is 0 Å². The summed E-state index contributed by atoms with van der Waals surface area (Å²) < 4.78 is 12.0. The summed E-state index contributed by atoms with van der Waals surface area (Å²) in [5.74, 6) is 1.06. The van der Waals surface area contributed by atoms with Crippen LogP contribution in [0.25, 0.3) is 0 Å². The Labute approximate surface area is 149 Å². The Morgan fingerprint density at radius 1 is 1.43 bits per heavy atom. The molecule has 0 unspecified atom stereocenters. The highest BCUT2D eigenvalue weighted by Crippen LogP contribution is 2.37. The molecule has 1 aliphatic heterocycles. The molecule has 1 heterocycles. The number of carbonyl (C=O) groups is 1. The van der Waals surface area contributed by atoms with Gasteiger partial charge >= 0.3 is 0 Å². The van der Waals surface area contributed by atoms with Crippen molar-refractivity contribution in [2.24, 2.45) is 4.99 Å². The summed E-state index contributed by atoms with van der Waals surface area (Å²) in [6, 6.07) is 3.74. The van der Waals surface area contributed by atoms with E-state index in [0.717, 1.165) is 10.0 Å². The van der Waals surface area contributed by atoms with Gasteiger partial charge in [-0.3, -0.25) is 9.69 Å². The smallest absolute Gasteiger partial charge is 0.274 e. The molecule has 0 atom stereocenters. The highest BCUT2D eigenvalue weighted by atomic mass is 79.9. The molecule has 2 rings (SSSR count). The van der Waals surface area contributed by atoms with E-state index in [0.29, 0.717) is 42.0 Å². The molecular formula is C16H17BrN2O3S. The summed E-state index contributed by atoms with van der Waals surface area (Å²) in [7, 11) is 1.62. The van der Waals surface area contributed by atoms with Crippen molar-refractivity contribution in [2.45, 2.75) is 13.3 Å². The van der Waals surface area contributed by atoms with Gasteiger partial charge in [-0.1, -0.05) is 12.7 Å². The normalized spacial score (nSPS) is 14.0. The highest BCUT2D eigenvalue weighted by Gasteiger charge is 2.27. The average molecular weight is 397 g/mol. The minimum absolute atomic E-state index is 0.170. The molecule has 5 nitrogen and oxygen atoms in total. The van der Waals surface area contributed by atoms with Gasteiger partial charge in [-0.15, -0.1) is 0 Å². The summed E-state index contributed by atoms with van der Waals surface area (Å²) in [5.41, 5.74) is 1.31. The van der Waals surface area contributed by atoms with Crippen molar-refractivity contribution in [3.05, 3.63) is 34.8 Å². The molecule has 0 fully saturated rings. The number of halogens is 1. The molecule has 0 saturated carbocycles. The van der Waals surface area contributed by atoms with Crippen molar-refractivity contribution >= 4 is 44.9 Å². The minimum Gasteiger partial charge on any atom is -0.490 e. The van der Waals surface area contributed by atoms with Crippen LogP contribution in [0.5, 0.6) is 11.5 Å². The van der Waals surface area contributed by atoms with Crippen LogP contribution >= 0.6 is 28.1 Å². The van der Waals surface area contributed by atoms with Gasteiger partial charge in [0.25, 0.3) is 5.91 Å². The van der Waals surface area contributed by atoms with E-state index in [4.69, 9.17) is 21.7 Å². The molecule has 1 aromatic carbocycles. The number of hydrogen-bond donors (Lipinski definition) is 0. The van der Waals surface area contributed by atoms with Gasteiger partial charge in [0.1, 0.15) is 12.3 Å². The lowest BCUT2D eigenvalue weighted by Gasteiger charge is -2.14. The molecule has 0 aromatic heterocycles. The van der Waals surface area contributed by atoms with Gasteiger partial charge in [0, 0.05) is 13.5 Å². The van der Waals surface area contributed by atoms with Crippen molar-refractivity contribution in [1.82, 2.24) is 4.90 Å². The topological polar surface area (TPSA) is 51.1 Å². The number of benzene rings is 1. The highest BCUT2D eigenvalue weighted by molar-refractivity contribution is 9.10. The monoisotopic (exact) mass is 396 g/mol. The lowest BCUT2D eigenvalue weighted by molar-refractivity contribution is -0.119. The van der Waals surface area contributed by atoms with Crippen LogP contribution in [0.15, 0.2) is 34.3 Å². The second kappa shape index (κ2) is 7.70. The molecule has 122 valence electrons. The summed E-state index contributed by atoms with van der Waals surface area (Å²) in [6.07, 6.45) is 2.04. The maximum atomic E-state index is 12.1. The van der Waals surface area contributed by atoms with Crippen LogP contribution in [0.3, 0.4) is 0 Å². The number of nitrogens with zero attached hydrogens (tertiary/aromatic N) is 2. The number of thiocarbonyl (C=S) groups is 1. The molecule has 0 aliphatic carbocycles. The van der Waals surface area contributed by atoms with Gasteiger partial charge in [-0.25, -0.2) is 4.99 Å². The molecule has 1 amide bonds. The van der Waals surface area contributed by atoms with Gasteiger partial charge in [-0.2, -0.15) is 0 Å². The number of ether oxygens (including phenoxy) is 2. The first-order valence-electron chi connectivity index (χ1n) is 7.06. The van der Waals surface area contributed by atoms with Crippen LogP contribution in [-0.4, -0.2) is 41.9 Å². The molecular weight excluding hydrogens is 380 g/mol. The maximum absolute atomic E-state index is 12.1. The maximum Gasteiger partial charge on any atom is 0.274 e. The minimum atomic E-state index is -0.170. The van der Waals surface area contributed by atoms with Gasteiger partial charge in [0.2, 0.25) is 5.11 Å². The molecule has 0 radical (unpaired) electrons. The number of amides is 1. The molecule has 23 heavy (non-hydrogen) atoms. The molecule has 0 N–H and O–H groups in total. The third kappa shape index (κ3) is 3.97. The van der Waals surface area contributed by atoms with E-state index in [9.17, 15) is 4.79 Å². The number of rotatable bonds is 7. The SMILES string of the molecule is C=CCOc1c(Br)cc(CC2=NC(=S)N(C)C2=O)cc1OCC. The standard InChI is InChI=1S/C16H17BrN2O3S/c1-4-6-22-14-11(17)7-10(9-13(14)21-5-2)8-12-15(20)19(3)16(23)18-12/h4,7,9H,1,5-6,8H2,2-3H3. The van der Waals surface area contributed by atoms with E-state index in [1.165, 1.54) is 4.90 Å². The molecule has 1 aliphatic rings. The van der Waals surface area contributed by atoms with Gasteiger partial charge in [-0.05, 0) is 52.8 Å². The van der Waals surface area contributed by atoms with Gasteiger partial charge < -0.3 is 9.47 Å². The second-order valence-corrected chi connectivity index (χ2v) is 6.04. The molecule has 0 spiro atoms. The van der Waals surface area contributed by atoms with E-state index in [1.807, 2.05) is 19.1 Å². The van der Waals surface area contributed by atoms with Crippen molar-refractivity contribution in [3.63, 3.8) is 0 Å². The van der Waals surface area contributed by atoms with Crippen LogP contribution in [0.1, 0.15) is 12.5 Å². The van der Waals surface area contributed by atoms with Crippen molar-refractivity contribution in [3.8, 4) is 11.5 Å². The van der Waals surface area contributed by atoms with E-state index in [-0.39, 0.29) is 5.91 Å². The number of aliphatic imine (C=N–C) groups is 1. The predicted octanol–water partition coefficient (Wildman–Crippen LogP) is 3.15. The number of hydrogen-bond acceptors (Lipinski definition) is 4. The van der Waals surface area contributed by atoms with Crippen molar-refractivity contribution in [2.75, 3.05) is 20.3 Å². The Hall–Kier alpha value is -1.73. The van der Waals surface area contributed by atoms with Crippen LogP contribution < -0.4 is 9.47 Å². The molecule has 1 aromatic rings. The zero-order valence-electron chi connectivity index (χ0n) is 13.0. The summed E-state index contributed by atoms with van der Waals surface area (Å²) in [4.78, 5) is 17.6. The average Bonchev–Trinajstić information content (AvgIpc) is 2.74. The molecule has 7 heteroatoms. The Morgan fingerprint density at radius 2 is 2.17 bits per heavy atom. The third-order valence-corrected chi connectivity index (χ3v) is 4.11. The lowest BCUT2D eigenvalue weighted by atomic mass is 10.1. The van der Waals surface area contributed by atoms with Crippen molar-refractivity contribution in [1.29, 1.82) is 0 Å². The largest absolute Gasteiger partial charge is 0.490 e. The molecule has 0 bridgehead atoms. The van der Waals surface area contributed by atoms with Gasteiger partial charge in [0.15, 0.2) is 11.5 Å². The fourth-order valence-electron chi connectivity index (χ4n) is 2.10. The summed E-state index contributed by atoms with van der Waals surface area (Å²) >= 11 is 8.51. The number of carbonyl (C=O) groups excluding carboxylic acids is 1. The van der Waals surface area contributed by atoms with E-state index < -0.39 is 0 Å². The lowest BCUT2D eigenvalue weighted by Crippen LogP contribution is -2.29. The predicted molar refractivity (Wildman–Crippen MR) is 97.5 cm³/mol. The van der Waals surface area contributed by atoms with E-state index in [2.05, 4.69) is 27.5 Å². The first kappa shape index (κ1) is 17.6. The third-order valence-electron chi connectivity index (χ3n) is 3.16. The Morgan fingerprint density at radius 3 is 2.74 bits per heavy atom. The van der Waals surface area contributed by atoms with E-state index in [1.54, 1.807) is 13.1 Å². The first-order chi connectivity index (χ1) is 11.0. The van der Waals surface area contributed by atoms with Crippen LogP contribution in [-0.2, 0) is 11.2 Å². The van der Waals surface area contributed by atoms with Gasteiger partial charge in [0.05, 0.1) is 11.1 Å². The van der Waals surface area contributed by atoms with Crippen molar-refractivity contribution < 1.29 is 14.3 Å². The second-order valence-electron chi connectivity index (χ2n) is 4.82. The zero-order chi connectivity index (χ0) is 17.0. The summed E-state index contributed by atoms with van der Waals surface area (Å²) in [6.45, 7) is 6.42. The van der Waals surface area contributed by atoms with Crippen LogP contribution in [0.4, 0.5) is 0 Å². The zero-order valence-corrected chi connectivity index (χ0v) is 15.4. The Bertz CT molecular complexity index is 688. The fraction of sp³-hybridized carbons (Fsp3) is 0.312.